The SMILES string of the molecule is CCc1ccc(C2=NC=CCC=C2)cc1. The van der Waals surface area contributed by atoms with Crippen molar-refractivity contribution in [2.45, 2.75) is 19.8 Å². The minimum atomic E-state index is 0.972. The molecule has 0 bridgehead atoms. The maximum atomic E-state index is 4.40. The molecule has 2 rings (SSSR count). The van der Waals surface area contributed by atoms with Crippen molar-refractivity contribution in [3.8, 4) is 0 Å². The summed E-state index contributed by atoms with van der Waals surface area (Å²) in [6, 6.07) is 8.61. The third kappa shape index (κ3) is 2.44. The van der Waals surface area contributed by atoms with Crippen molar-refractivity contribution in [3.63, 3.8) is 0 Å². The molecule has 0 unspecified atom stereocenters. The Bertz CT molecular complexity index is 407. The van der Waals surface area contributed by atoms with E-state index in [1.54, 1.807) is 0 Å². The van der Waals surface area contributed by atoms with Crippen LogP contribution in [-0.2, 0) is 6.42 Å². The summed E-state index contributed by atoms with van der Waals surface area (Å²) < 4.78 is 0. The Hall–Kier alpha value is -1.63. The van der Waals surface area contributed by atoms with Gasteiger partial charge in [0.25, 0.3) is 0 Å². The summed E-state index contributed by atoms with van der Waals surface area (Å²) in [6.45, 7) is 2.17. The second kappa shape index (κ2) is 4.74. The number of allylic oxidation sites excluding steroid dienone is 3. The van der Waals surface area contributed by atoms with Gasteiger partial charge in [-0.2, -0.15) is 0 Å². The van der Waals surface area contributed by atoms with Gasteiger partial charge in [-0.3, -0.25) is 4.99 Å². The second-order valence-corrected chi connectivity index (χ2v) is 3.59. The molecule has 15 heavy (non-hydrogen) atoms. The molecule has 0 fully saturated rings. The molecule has 0 saturated heterocycles. The van der Waals surface area contributed by atoms with Crippen LogP contribution in [0.4, 0.5) is 0 Å². The largest absolute Gasteiger partial charge is 0.257 e. The van der Waals surface area contributed by atoms with Crippen LogP contribution >= 0.6 is 0 Å². The zero-order valence-corrected chi connectivity index (χ0v) is 8.98. The zero-order chi connectivity index (χ0) is 10.5. The van der Waals surface area contributed by atoms with Gasteiger partial charge >= 0.3 is 0 Å². The highest BCUT2D eigenvalue weighted by atomic mass is 14.7. The van der Waals surface area contributed by atoms with Crippen LogP contribution in [0.3, 0.4) is 0 Å². The predicted molar refractivity (Wildman–Crippen MR) is 65.3 cm³/mol. The Morgan fingerprint density at radius 1 is 1.13 bits per heavy atom. The lowest BCUT2D eigenvalue weighted by Crippen LogP contribution is -1.95. The second-order valence-electron chi connectivity index (χ2n) is 3.59. The van der Waals surface area contributed by atoms with Crippen LogP contribution in [0, 0.1) is 0 Å². The number of rotatable bonds is 2. The van der Waals surface area contributed by atoms with Crippen molar-refractivity contribution >= 4 is 5.71 Å². The Kier molecular flexibility index (Phi) is 3.13. The summed E-state index contributed by atoms with van der Waals surface area (Å²) in [5.41, 5.74) is 3.61. The third-order valence-corrected chi connectivity index (χ3v) is 2.52. The maximum absolute atomic E-state index is 4.40. The molecule has 0 radical (unpaired) electrons. The minimum absolute atomic E-state index is 0.972. The van der Waals surface area contributed by atoms with Gasteiger partial charge in [0.15, 0.2) is 0 Å². The van der Waals surface area contributed by atoms with E-state index in [9.17, 15) is 0 Å². The van der Waals surface area contributed by atoms with E-state index in [2.05, 4.69) is 54.4 Å². The van der Waals surface area contributed by atoms with Crippen LogP contribution in [0.5, 0.6) is 0 Å². The van der Waals surface area contributed by atoms with E-state index in [-0.39, 0.29) is 0 Å². The van der Waals surface area contributed by atoms with Gasteiger partial charge in [-0.25, -0.2) is 0 Å². The standard InChI is InChI=1S/C14H15N/c1-2-12-7-9-13(10-8-12)14-6-4-3-5-11-15-14/h4-11H,2-3H2,1H3. The average molecular weight is 197 g/mol. The molecule has 76 valence electrons. The Labute approximate surface area is 90.9 Å². The van der Waals surface area contributed by atoms with Crippen molar-refractivity contribution < 1.29 is 0 Å². The Morgan fingerprint density at radius 3 is 2.67 bits per heavy atom. The monoisotopic (exact) mass is 197 g/mol. The lowest BCUT2D eigenvalue weighted by atomic mass is 10.1. The summed E-state index contributed by atoms with van der Waals surface area (Å²) in [7, 11) is 0. The molecule has 0 aromatic heterocycles. The smallest absolute Gasteiger partial charge is 0.0698 e. The third-order valence-electron chi connectivity index (χ3n) is 2.52. The van der Waals surface area contributed by atoms with E-state index in [1.165, 1.54) is 11.1 Å². The van der Waals surface area contributed by atoms with E-state index in [0.717, 1.165) is 18.6 Å². The number of benzene rings is 1. The molecular weight excluding hydrogens is 182 g/mol. The highest BCUT2D eigenvalue weighted by Gasteiger charge is 1.99. The van der Waals surface area contributed by atoms with Crippen molar-refractivity contribution in [1.82, 2.24) is 0 Å². The van der Waals surface area contributed by atoms with Crippen LogP contribution in [0.1, 0.15) is 24.5 Å². The molecule has 1 aromatic rings. The minimum Gasteiger partial charge on any atom is -0.257 e. The molecule has 0 amide bonds. The molecule has 0 spiro atoms. The molecule has 1 aromatic carbocycles. The van der Waals surface area contributed by atoms with Gasteiger partial charge in [0, 0.05) is 11.8 Å². The lowest BCUT2D eigenvalue weighted by molar-refractivity contribution is 1.14. The fourth-order valence-electron chi connectivity index (χ4n) is 1.58. The van der Waals surface area contributed by atoms with Gasteiger partial charge in [-0.15, -0.1) is 0 Å². The molecule has 1 heteroatoms. The topological polar surface area (TPSA) is 12.4 Å². The molecule has 1 aliphatic rings. The van der Waals surface area contributed by atoms with Crippen molar-refractivity contribution in [2.24, 2.45) is 4.99 Å². The van der Waals surface area contributed by atoms with Crippen LogP contribution in [-0.4, -0.2) is 5.71 Å². The normalized spacial score (nSPS) is 14.9. The lowest BCUT2D eigenvalue weighted by Gasteiger charge is -2.01. The number of aryl methyl sites for hydroxylation is 1. The first-order valence-corrected chi connectivity index (χ1v) is 5.39. The Balaban J connectivity index is 2.29. The molecule has 0 aliphatic carbocycles. The van der Waals surface area contributed by atoms with E-state index in [1.807, 2.05) is 6.20 Å². The van der Waals surface area contributed by atoms with Crippen molar-refractivity contribution in [2.75, 3.05) is 0 Å². The van der Waals surface area contributed by atoms with Gasteiger partial charge in [-0.1, -0.05) is 43.3 Å². The fraction of sp³-hybridized carbons (Fsp3) is 0.214. The van der Waals surface area contributed by atoms with E-state index < -0.39 is 0 Å². The summed E-state index contributed by atoms with van der Waals surface area (Å²) in [5.74, 6) is 0. The maximum Gasteiger partial charge on any atom is 0.0698 e. The number of aliphatic imine (C=N–C) groups is 1. The van der Waals surface area contributed by atoms with Crippen molar-refractivity contribution in [1.29, 1.82) is 0 Å². The van der Waals surface area contributed by atoms with Gasteiger partial charge in [0.1, 0.15) is 0 Å². The first-order valence-electron chi connectivity index (χ1n) is 5.39. The van der Waals surface area contributed by atoms with Crippen LogP contribution in [0.2, 0.25) is 0 Å². The summed E-state index contributed by atoms with van der Waals surface area (Å²) in [6.07, 6.45) is 10.2. The summed E-state index contributed by atoms with van der Waals surface area (Å²) >= 11 is 0. The number of hydrogen-bond donors (Lipinski definition) is 0. The van der Waals surface area contributed by atoms with Crippen LogP contribution in [0.15, 0.2) is 53.7 Å². The number of nitrogens with zero attached hydrogens (tertiary/aromatic N) is 1. The fourth-order valence-corrected chi connectivity index (χ4v) is 1.58. The summed E-state index contributed by atoms with van der Waals surface area (Å²) in [4.78, 5) is 4.40. The molecule has 1 nitrogen and oxygen atoms in total. The van der Waals surface area contributed by atoms with Gasteiger partial charge in [-0.05, 0) is 24.5 Å². The van der Waals surface area contributed by atoms with Crippen LogP contribution in [0.25, 0.3) is 0 Å². The molecular formula is C14H15N. The zero-order valence-electron chi connectivity index (χ0n) is 8.98. The van der Waals surface area contributed by atoms with Gasteiger partial charge in [0.05, 0.1) is 5.71 Å². The Morgan fingerprint density at radius 2 is 1.93 bits per heavy atom. The van der Waals surface area contributed by atoms with E-state index in [4.69, 9.17) is 0 Å². The summed E-state index contributed by atoms with van der Waals surface area (Å²) in [5, 5.41) is 0. The molecule has 0 N–H and O–H groups in total. The first kappa shape index (κ1) is 9.91. The first-order chi connectivity index (χ1) is 7.40. The average Bonchev–Trinajstić information content (AvgIpc) is 2.58. The number of hydrogen-bond acceptors (Lipinski definition) is 1. The molecule has 1 aliphatic heterocycles. The molecule has 0 saturated carbocycles. The molecule has 0 atom stereocenters. The quantitative estimate of drug-likeness (QED) is 0.688. The molecule has 1 heterocycles. The van der Waals surface area contributed by atoms with E-state index >= 15 is 0 Å². The highest BCUT2D eigenvalue weighted by Crippen LogP contribution is 2.09. The van der Waals surface area contributed by atoms with Gasteiger partial charge in [0.2, 0.25) is 0 Å². The van der Waals surface area contributed by atoms with Crippen molar-refractivity contribution in [3.05, 3.63) is 59.8 Å². The van der Waals surface area contributed by atoms with Gasteiger partial charge < -0.3 is 0 Å². The van der Waals surface area contributed by atoms with Crippen LogP contribution < -0.4 is 0 Å². The predicted octanol–water partition coefficient (Wildman–Crippen LogP) is 3.51. The van der Waals surface area contributed by atoms with E-state index in [0.29, 0.717) is 0 Å². The highest BCUT2D eigenvalue weighted by molar-refractivity contribution is 6.09.